The van der Waals surface area contributed by atoms with Crippen LogP contribution < -0.4 is 10.6 Å². The van der Waals surface area contributed by atoms with Gasteiger partial charge in [0, 0.05) is 52.4 Å². The van der Waals surface area contributed by atoms with Crippen molar-refractivity contribution in [2.45, 2.75) is 159 Å². The predicted octanol–water partition coefficient (Wildman–Crippen LogP) is 6.09. The van der Waals surface area contributed by atoms with Crippen molar-refractivity contribution in [3.8, 4) is 11.5 Å². The summed E-state index contributed by atoms with van der Waals surface area (Å²) >= 11 is 0. The zero-order valence-corrected chi connectivity index (χ0v) is 45.0. The van der Waals surface area contributed by atoms with Gasteiger partial charge in [0.1, 0.15) is 35.7 Å². The molecule has 18 nitrogen and oxygen atoms in total. The zero-order valence-electron chi connectivity index (χ0n) is 45.0. The lowest BCUT2D eigenvalue weighted by molar-refractivity contribution is -0.152. The molecule has 2 saturated heterocycles. The van der Waals surface area contributed by atoms with Gasteiger partial charge in [0.15, 0.2) is 0 Å². The van der Waals surface area contributed by atoms with E-state index in [0.717, 1.165) is 82.6 Å². The second-order valence-corrected chi connectivity index (χ2v) is 20.8. The lowest BCUT2D eigenvalue weighted by atomic mass is 9.83. The molecule has 5 N–H and O–H groups in total. The average molecular weight is 1070 g/mol. The Morgan fingerprint density at radius 3 is 1.42 bits per heavy atom. The van der Waals surface area contributed by atoms with E-state index in [1.807, 2.05) is 30.3 Å². The third-order valence-electron chi connectivity index (χ3n) is 15.1. The molecule has 0 aromatic heterocycles. The van der Waals surface area contributed by atoms with Crippen LogP contribution in [0.4, 0.5) is 0 Å². The summed E-state index contributed by atoms with van der Waals surface area (Å²) < 4.78 is 27.8. The third-order valence-corrected chi connectivity index (χ3v) is 15.1. The van der Waals surface area contributed by atoms with Crippen molar-refractivity contribution in [1.29, 1.82) is 0 Å². The standard InChI is InChI=1S/C33H44N2O7.C26H38N2O7/c1-40-33(39)29-21-28(42-18-9-8-17-41-23-24-11-4-2-5-12-24)22-35(29)32(38)31(26-14-6-3-7-15-26)34-30(37)20-25-13-10-16-27(36)19-25;1-34-26(33)22-16-21(35-13-6-5-12-29)17-28(22)25(32)24(19-9-3-2-4-10-19)27-23(31)15-18-8-7-11-20(30)14-18/h2,4-5,10-13,16,19,26,28-29,31,36H,3,6-9,14-15,17-18,20-23H2,1H3,(H,34,37);7-8,11,14,19,21-22,24,29-30H,2-6,9-10,12-13,15-17H2,1H3,(H,27,31)/t28-,29+,31+;21-,22+,24+/m11/s1. The molecule has 6 atom stereocenters. The molecule has 2 saturated carbocycles. The van der Waals surface area contributed by atoms with Crippen molar-refractivity contribution >= 4 is 35.6 Å². The van der Waals surface area contributed by atoms with Crippen LogP contribution in [0.2, 0.25) is 0 Å². The van der Waals surface area contributed by atoms with Crippen LogP contribution in [0.25, 0.3) is 0 Å². The van der Waals surface area contributed by atoms with Gasteiger partial charge in [-0.25, -0.2) is 9.59 Å². The number of esters is 2. The quantitative estimate of drug-likeness (QED) is 0.0477. The van der Waals surface area contributed by atoms with E-state index in [9.17, 15) is 39.0 Å². The molecule has 4 aliphatic rings. The maximum Gasteiger partial charge on any atom is 0.328 e. The van der Waals surface area contributed by atoms with Gasteiger partial charge in [-0.2, -0.15) is 0 Å². The van der Waals surface area contributed by atoms with Crippen LogP contribution in [0.1, 0.15) is 119 Å². The van der Waals surface area contributed by atoms with Crippen LogP contribution in [-0.4, -0.2) is 151 Å². The fraction of sp³-hybridized carbons (Fsp3) is 0.593. The lowest BCUT2D eigenvalue weighted by Crippen LogP contribution is -2.55. The summed E-state index contributed by atoms with van der Waals surface area (Å²) in [5, 5.41) is 34.4. The van der Waals surface area contributed by atoms with Gasteiger partial charge in [-0.1, -0.05) is 93.1 Å². The fourth-order valence-electron chi connectivity index (χ4n) is 11.0. The number of phenolic OH excluding ortho intramolecular Hbond substituents is 2. The summed E-state index contributed by atoms with van der Waals surface area (Å²) in [7, 11) is 2.63. The van der Waals surface area contributed by atoms with E-state index >= 15 is 0 Å². The molecule has 7 rings (SSSR count). The number of unbranched alkanes of at least 4 members (excludes halogenated alkanes) is 2. The Morgan fingerprint density at radius 1 is 0.558 bits per heavy atom. The van der Waals surface area contributed by atoms with E-state index in [0.29, 0.717) is 63.2 Å². The van der Waals surface area contributed by atoms with Crippen molar-refractivity contribution in [1.82, 2.24) is 20.4 Å². The van der Waals surface area contributed by atoms with Gasteiger partial charge < -0.3 is 59.4 Å². The largest absolute Gasteiger partial charge is 0.508 e. The number of aliphatic hydroxyl groups excluding tert-OH is 1. The van der Waals surface area contributed by atoms with E-state index in [1.54, 1.807) is 47.4 Å². The first-order chi connectivity index (χ1) is 37.4. The summed E-state index contributed by atoms with van der Waals surface area (Å²) in [5.41, 5.74) is 2.46. The number of ether oxygens (including phenoxy) is 5. The number of aliphatic hydroxyl groups is 1. The van der Waals surface area contributed by atoms with Gasteiger partial charge in [-0.05, 0) is 104 Å². The van der Waals surface area contributed by atoms with E-state index in [2.05, 4.69) is 10.6 Å². The number of aromatic hydroxyl groups is 2. The number of phenols is 2. The number of amides is 4. The Kier molecular flexibility index (Phi) is 25.0. The van der Waals surface area contributed by atoms with Crippen LogP contribution in [0, 0.1) is 11.8 Å². The molecule has 0 bridgehead atoms. The fourth-order valence-corrected chi connectivity index (χ4v) is 11.0. The number of nitrogens with one attached hydrogen (secondary N) is 2. The highest BCUT2D eigenvalue weighted by Gasteiger charge is 2.46. The molecule has 0 spiro atoms. The monoisotopic (exact) mass is 1070 g/mol. The zero-order chi connectivity index (χ0) is 54.9. The average Bonchev–Trinajstić information content (AvgIpc) is 4.09. The van der Waals surface area contributed by atoms with Crippen LogP contribution in [-0.2, 0) is 71.9 Å². The number of likely N-dealkylation sites (tertiary alicyclic amines) is 2. The summed E-state index contributed by atoms with van der Waals surface area (Å²) in [5.74, 6) is -1.95. The normalized spacial score (nSPS) is 20.6. The van der Waals surface area contributed by atoms with E-state index in [1.165, 1.54) is 25.2 Å². The Labute approximate surface area is 453 Å². The van der Waals surface area contributed by atoms with Gasteiger partial charge in [-0.15, -0.1) is 0 Å². The highest BCUT2D eigenvalue weighted by molar-refractivity contribution is 5.93. The van der Waals surface area contributed by atoms with Crippen molar-refractivity contribution in [2.24, 2.45) is 11.8 Å². The molecule has 422 valence electrons. The minimum absolute atomic E-state index is 0.00599. The molecule has 3 aromatic rings. The number of rotatable bonds is 25. The molecule has 4 fully saturated rings. The number of carbonyl (C=O) groups is 6. The number of nitrogens with zero attached hydrogens (tertiary/aromatic N) is 2. The second kappa shape index (κ2) is 32.0. The molecule has 4 amide bonds. The van der Waals surface area contributed by atoms with E-state index in [-0.39, 0.29) is 91.7 Å². The first kappa shape index (κ1) is 60.2. The number of carbonyl (C=O) groups excluding carboxylic acids is 6. The number of hydrogen-bond acceptors (Lipinski definition) is 14. The molecular weight excluding hydrogens is 989 g/mol. The van der Waals surface area contributed by atoms with Gasteiger partial charge in [0.25, 0.3) is 0 Å². The van der Waals surface area contributed by atoms with Crippen molar-refractivity contribution in [2.75, 3.05) is 53.7 Å². The van der Waals surface area contributed by atoms with Crippen molar-refractivity contribution < 1.29 is 67.8 Å². The summed E-state index contributed by atoms with van der Waals surface area (Å²) in [6.07, 6.45) is 12.7. The molecule has 77 heavy (non-hydrogen) atoms. The van der Waals surface area contributed by atoms with Crippen molar-refractivity contribution in [3.05, 3.63) is 95.6 Å². The Hall–Kier alpha value is -6.08. The number of hydrogen-bond donors (Lipinski definition) is 5. The SMILES string of the molecule is COC(=O)[C@@H]1C[C@@H](OCCCCO)CN1C(=O)[C@@H](NC(=O)Cc1cccc(O)c1)C1CCCCC1.COC(=O)[C@@H]1C[C@@H](OCCCCOCc2ccccc2)CN1C(=O)[C@@H](NC(=O)Cc1cccc(O)c1)C1CCCCC1. The molecule has 18 heteroatoms. The van der Waals surface area contributed by atoms with Gasteiger partial charge in [0.05, 0.1) is 45.9 Å². The highest BCUT2D eigenvalue weighted by atomic mass is 16.5. The summed E-state index contributed by atoms with van der Waals surface area (Å²) in [6, 6.07) is 20.1. The first-order valence-corrected chi connectivity index (χ1v) is 27.7. The molecule has 2 aliphatic carbocycles. The first-order valence-electron chi connectivity index (χ1n) is 27.7. The highest BCUT2D eigenvalue weighted by Crippen LogP contribution is 2.32. The predicted molar refractivity (Wildman–Crippen MR) is 286 cm³/mol. The van der Waals surface area contributed by atoms with Gasteiger partial charge >= 0.3 is 11.9 Å². The Morgan fingerprint density at radius 2 is 0.987 bits per heavy atom. The van der Waals surface area contributed by atoms with Crippen LogP contribution in [0.15, 0.2) is 78.9 Å². The molecule has 0 radical (unpaired) electrons. The van der Waals surface area contributed by atoms with E-state index in [4.69, 9.17) is 28.8 Å². The molecule has 0 unspecified atom stereocenters. The minimum atomic E-state index is -0.760. The second-order valence-electron chi connectivity index (χ2n) is 20.8. The van der Waals surface area contributed by atoms with Gasteiger partial charge in [0.2, 0.25) is 23.6 Å². The smallest absolute Gasteiger partial charge is 0.328 e. The van der Waals surface area contributed by atoms with Crippen LogP contribution in [0.5, 0.6) is 11.5 Å². The maximum absolute atomic E-state index is 14.0. The number of benzene rings is 3. The molecule has 3 aromatic carbocycles. The van der Waals surface area contributed by atoms with Gasteiger partial charge in [-0.3, -0.25) is 19.2 Å². The number of methoxy groups -OCH3 is 2. The summed E-state index contributed by atoms with van der Waals surface area (Å²) in [6.45, 7) is 2.77. The molecule has 2 heterocycles. The third kappa shape index (κ3) is 19.1. The Balaban J connectivity index is 0.000000254. The molecule has 2 aliphatic heterocycles. The van der Waals surface area contributed by atoms with E-state index < -0.39 is 36.1 Å². The van der Waals surface area contributed by atoms with Crippen LogP contribution >= 0.6 is 0 Å². The molecular formula is C59H82N4O14. The summed E-state index contributed by atoms with van der Waals surface area (Å²) in [4.78, 5) is 82.2. The minimum Gasteiger partial charge on any atom is -0.508 e. The topological polar surface area (TPSA) is 240 Å². The van der Waals surface area contributed by atoms with Crippen LogP contribution in [0.3, 0.4) is 0 Å². The van der Waals surface area contributed by atoms with Crippen molar-refractivity contribution in [3.63, 3.8) is 0 Å². The Bertz CT molecular complexity index is 2320. The lowest BCUT2D eigenvalue weighted by Gasteiger charge is -2.34. The maximum atomic E-state index is 14.0.